The second-order valence-electron chi connectivity index (χ2n) is 8.59. The molecule has 0 unspecified atom stereocenters. The van der Waals surface area contributed by atoms with Gasteiger partial charge in [0.2, 0.25) is 0 Å². The molecule has 0 bridgehead atoms. The first-order valence-corrected chi connectivity index (χ1v) is 13.9. The van der Waals surface area contributed by atoms with Gasteiger partial charge in [0.05, 0.1) is 13.2 Å². The normalized spacial score (nSPS) is 10.8. The first kappa shape index (κ1) is 26.5. The van der Waals surface area contributed by atoms with Crippen molar-refractivity contribution in [1.29, 1.82) is 0 Å². The topological polar surface area (TPSA) is 21.7 Å². The van der Waals surface area contributed by atoms with E-state index in [2.05, 4.69) is 110 Å². The largest absolute Gasteiger partial charge is 0.494 e. The van der Waals surface area contributed by atoms with Gasteiger partial charge in [0.1, 0.15) is 5.75 Å². The van der Waals surface area contributed by atoms with Crippen LogP contribution in [0.25, 0.3) is 0 Å². The lowest BCUT2D eigenvalue weighted by Crippen LogP contribution is -2.09. The van der Waals surface area contributed by atoms with Gasteiger partial charge in [-0.05, 0) is 79.4 Å². The summed E-state index contributed by atoms with van der Waals surface area (Å²) in [5, 5.41) is 0. The SMILES string of the molecule is Brc1cc(Br)cc(OCCCCCCOCc2ccc(N(c3ccccc3)c3ccccc3)cc2)c1. The van der Waals surface area contributed by atoms with Gasteiger partial charge in [0.15, 0.2) is 0 Å². The number of nitrogens with zero attached hydrogens (tertiary/aromatic N) is 1. The lowest BCUT2D eigenvalue weighted by atomic mass is 10.1. The van der Waals surface area contributed by atoms with Crippen molar-refractivity contribution in [3.8, 4) is 5.75 Å². The van der Waals surface area contributed by atoms with Gasteiger partial charge in [0.25, 0.3) is 0 Å². The molecule has 0 fully saturated rings. The van der Waals surface area contributed by atoms with Crippen LogP contribution in [-0.2, 0) is 11.3 Å². The molecule has 0 heterocycles. The van der Waals surface area contributed by atoms with Crippen molar-refractivity contribution in [3.05, 3.63) is 118 Å². The zero-order valence-electron chi connectivity index (χ0n) is 20.3. The van der Waals surface area contributed by atoms with E-state index in [-0.39, 0.29) is 0 Å². The van der Waals surface area contributed by atoms with Crippen LogP contribution in [0.4, 0.5) is 17.1 Å². The highest BCUT2D eigenvalue weighted by molar-refractivity contribution is 9.11. The van der Waals surface area contributed by atoms with Crippen molar-refractivity contribution in [2.45, 2.75) is 32.3 Å². The molecule has 3 nitrogen and oxygen atoms in total. The summed E-state index contributed by atoms with van der Waals surface area (Å²) in [7, 11) is 0. The summed E-state index contributed by atoms with van der Waals surface area (Å²) in [6.07, 6.45) is 4.40. The van der Waals surface area contributed by atoms with Crippen LogP contribution in [-0.4, -0.2) is 13.2 Å². The lowest BCUT2D eigenvalue weighted by molar-refractivity contribution is 0.116. The van der Waals surface area contributed by atoms with E-state index in [1.165, 1.54) is 5.56 Å². The number of halogens is 2. The number of benzene rings is 4. The van der Waals surface area contributed by atoms with Gasteiger partial charge in [-0.25, -0.2) is 0 Å². The number of rotatable bonds is 13. The minimum Gasteiger partial charge on any atom is -0.494 e. The van der Waals surface area contributed by atoms with E-state index in [1.54, 1.807) is 0 Å². The summed E-state index contributed by atoms with van der Waals surface area (Å²) in [5.74, 6) is 0.890. The van der Waals surface area contributed by atoms with Gasteiger partial charge < -0.3 is 14.4 Å². The first-order chi connectivity index (χ1) is 17.7. The molecule has 0 saturated carbocycles. The Kier molecular flexibility index (Phi) is 10.5. The molecule has 186 valence electrons. The fraction of sp³-hybridized carbons (Fsp3) is 0.226. The van der Waals surface area contributed by atoms with Crippen LogP contribution in [0.5, 0.6) is 5.75 Å². The number of hydrogen-bond acceptors (Lipinski definition) is 3. The number of ether oxygens (including phenoxy) is 2. The molecule has 4 rings (SSSR count). The quantitative estimate of drug-likeness (QED) is 0.141. The summed E-state index contributed by atoms with van der Waals surface area (Å²) >= 11 is 6.98. The molecule has 0 saturated heterocycles. The molecule has 0 aliphatic carbocycles. The molecule has 0 amide bonds. The summed E-state index contributed by atoms with van der Waals surface area (Å²) in [4.78, 5) is 2.27. The van der Waals surface area contributed by atoms with Crippen LogP contribution in [0.3, 0.4) is 0 Å². The van der Waals surface area contributed by atoms with Crippen molar-refractivity contribution in [2.75, 3.05) is 18.1 Å². The highest BCUT2D eigenvalue weighted by Crippen LogP contribution is 2.34. The van der Waals surface area contributed by atoms with E-state index in [0.29, 0.717) is 6.61 Å². The smallest absolute Gasteiger partial charge is 0.121 e. The molecule has 0 aliphatic heterocycles. The highest BCUT2D eigenvalue weighted by atomic mass is 79.9. The van der Waals surface area contributed by atoms with E-state index in [1.807, 2.05) is 30.3 Å². The van der Waals surface area contributed by atoms with E-state index >= 15 is 0 Å². The standard InChI is InChI=1S/C31H31Br2NO2/c32-26-21-27(33)23-31(22-26)36-20-10-2-1-9-19-35-24-25-15-17-30(18-16-25)34(28-11-5-3-6-12-28)29-13-7-4-8-14-29/h3-8,11-18,21-23H,1-2,9-10,19-20,24H2. The van der Waals surface area contributed by atoms with Crippen molar-refractivity contribution in [2.24, 2.45) is 0 Å². The van der Waals surface area contributed by atoms with Gasteiger partial charge in [0, 0.05) is 32.6 Å². The van der Waals surface area contributed by atoms with Gasteiger partial charge in [-0.1, -0.05) is 86.8 Å². The average Bonchev–Trinajstić information content (AvgIpc) is 2.89. The van der Waals surface area contributed by atoms with Crippen LogP contribution in [0.15, 0.2) is 112 Å². The molecule has 36 heavy (non-hydrogen) atoms. The molecule has 0 atom stereocenters. The predicted molar refractivity (Wildman–Crippen MR) is 157 cm³/mol. The van der Waals surface area contributed by atoms with E-state index in [9.17, 15) is 0 Å². The van der Waals surface area contributed by atoms with Crippen LogP contribution in [0.1, 0.15) is 31.2 Å². The second-order valence-corrected chi connectivity index (χ2v) is 10.4. The Labute approximate surface area is 231 Å². The molecule has 0 spiro atoms. The second kappa shape index (κ2) is 14.2. The molecule has 0 aromatic heterocycles. The van der Waals surface area contributed by atoms with Gasteiger partial charge >= 0.3 is 0 Å². The maximum Gasteiger partial charge on any atom is 0.121 e. The third-order valence-electron chi connectivity index (χ3n) is 5.78. The van der Waals surface area contributed by atoms with Gasteiger partial charge in [-0.3, -0.25) is 0 Å². The average molecular weight is 609 g/mol. The number of para-hydroxylation sites is 2. The molecule has 4 aromatic rings. The number of unbranched alkanes of at least 4 members (excludes halogenated alkanes) is 3. The Bertz CT molecular complexity index is 1120. The maximum absolute atomic E-state index is 5.94. The van der Waals surface area contributed by atoms with Gasteiger partial charge in [-0.2, -0.15) is 0 Å². The summed E-state index contributed by atoms with van der Waals surface area (Å²) in [6, 6.07) is 35.6. The fourth-order valence-electron chi connectivity index (χ4n) is 3.99. The summed E-state index contributed by atoms with van der Waals surface area (Å²) < 4.78 is 13.8. The Hall–Kier alpha value is -2.60. The molecule has 0 radical (unpaired) electrons. The lowest BCUT2D eigenvalue weighted by Gasteiger charge is -2.25. The summed E-state index contributed by atoms with van der Waals surface area (Å²) in [5.41, 5.74) is 4.60. The minimum atomic E-state index is 0.637. The zero-order valence-corrected chi connectivity index (χ0v) is 23.5. The van der Waals surface area contributed by atoms with E-state index in [0.717, 1.165) is 70.7 Å². The third-order valence-corrected chi connectivity index (χ3v) is 6.70. The Morgan fingerprint density at radius 3 is 1.67 bits per heavy atom. The van der Waals surface area contributed by atoms with Crippen LogP contribution < -0.4 is 9.64 Å². The molecular formula is C31H31Br2NO2. The fourth-order valence-corrected chi connectivity index (χ4v) is 5.25. The zero-order chi connectivity index (χ0) is 25.0. The molecule has 0 aliphatic rings. The van der Waals surface area contributed by atoms with Crippen molar-refractivity contribution in [3.63, 3.8) is 0 Å². The van der Waals surface area contributed by atoms with Crippen LogP contribution in [0, 0.1) is 0 Å². The highest BCUT2D eigenvalue weighted by Gasteiger charge is 2.11. The number of hydrogen-bond donors (Lipinski definition) is 0. The molecular weight excluding hydrogens is 578 g/mol. The molecule has 4 aromatic carbocycles. The van der Waals surface area contributed by atoms with Crippen molar-refractivity contribution in [1.82, 2.24) is 0 Å². The molecule has 0 N–H and O–H groups in total. The van der Waals surface area contributed by atoms with Crippen LogP contribution in [0.2, 0.25) is 0 Å². The van der Waals surface area contributed by atoms with Crippen molar-refractivity contribution < 1.29 is 9.47 Å². The van der Waals surface area contributed by atoms with E-state index in [4.69, 9.17) is 9.47 Å². The Balaban J connectivity index is 1.17. The first-order valence-electron chi connectivity index (χ1n) is 12.3. The third kappa shape index (κ3) is 8.22. The van der Waals surface area contributed by atoms with Gasteiger partial charge in [-0.15, -0.1) is 0 Å². The van der Waals surface area contributed by atoms with E-state index < -0.39 is 0 Å². The number of anilines is 3. The summed E-state index contributed by atoms with van der Waals surface area (Å²) in [6.45, 7) is 2.15. The predicted octanol–water partition coefficient (Wildman–Crippen LogP) is 9.84. The minimum absolute atomic E-state index is 0.637. The van der Waals surface area contributed by atoms with Crippen LogP contribution >= 0.6 is 31.9 Å². The Morgan fingerprint density at radius 2 is 1.08 bits per heavy atom. The Morgan fingerprint density at radius 1 is 0.556 bits per heavy atom. The maximum atomic E-state index is 5.94. The molecule has 5 heteroatoms. The van der Waals surface area contributed by atoms with Crippen molar-refractivity contribution >= 4 is 48.9 Å². The monoisotopic (exact) mass is 607 g/mol.